The molecule has 0 aromatic carbocycles. The highest BCUT2D eigenvalue weighted by Gasteiger charge is 2.26. The molecule has 2 saturated heterocycles. The van der Waals surface area contributed by atoms with E-state index in [0.717, 1.165) is 31.7 Å². The molecule has 2 aliphatic heterocycles. The summed E-state index contributed by atoms with van der Waals surface area (Å²) < 4.78 is 13.1. The van der Waals surface area contributed by atoms with Gasteiger partial charge in [0, 0.05) is 25.9 Å². The zero-order valence-electron chi connectivity index (χ0n) is 13.2. The highest BCUT2D eigenvalue weighted by molar-refractivity contribution is 5.89. The second-order valence-corrected chi connectivity index (χ2v) is 6.18. The maximum atomic E-state index is 12.3. The Kier molecular flexibility index (Phi) is 4.63. The van der Waals surface area contributed by atoms with Crippen molar-refractivity contribution in [3.05, 3.63) is 12.4 Å². The second kappa shape index (κ2) is 6.66. The molecule has 122 valence electrons. The van der Waals surface area contributed by atoms with Gasteiger partial charge in [-0.2, -0.15) is 5.10 Å². The fourth-order valence-electron chi connectivity index (χ4n) is 3.07. The van der Waals surface area contributed by atoms with Crippen LogP contribution in [0.1, 0.15) is 26.7 Å². The van der Waals surface area contributed by atoms with Crippen molar-refractivity contribution in [3.8, 4) is 0 Å². The van der Waals surface area contributed by atoms with E-state index in [1.165, 1.54) is 0 Å². The Hall–Kier alpha value is -1.60. The molecule has 3 unspecified atom stereocenters. The zero-order valence-corrected chi connectivity index (χ0v) is 13.2. The maximum Gasteiger partial charge on any atom is 0.322 e. The van der Waals surface area contributed by atoms with E-state index >= 15 is 0 Å². The lowest BCUT2D eigenvalue weighted by Crippen LogP contribution is -2.49. The highest BCUT2D eigenvalue weighted by Crippen LogP contribution is 2.16. The molecule has 7 heteroatoms. The number of anilines is 1. The van der Waals surface area contributed by atoms with E-state index in [4.69, 9.17) is 9.47 Å². The number of rotatable bonds is 3. The molecule has 7 nitrogen and oxygen atoms in total. The third kappa shape index (κ3) is 3.78. The molecule has 0 aliphatic carbocycles. The first-order valence-electron chi connectivity index (χ1n) is 7.95. The van der Waals surface area contributed by atoms with Crippen LogP contribution in [0.15, 0.2) is 12.4 Å². The number of ether oxygens (including phenoxy) is 2. The van der Waals surface area contributed by atoms with Gasteiger partial charge in [-0.05, 0) is 26.7 Å². The van der Waals surface area contributed by atoms with E-state index in [1.807, 2.05) is 24.7 Å². The number of aromatic nitrogens is 2. The molecule has 3 rings (SSSR count). The first kappa shape index (κ1) is 15.3. The first-order valence-corrected chi connectivity index (χ1v) is 7.95. The minimum Gasteiger partial charge on any atom is -0.376 e. The minimum atomic E-state index is -0.0985. The molecular weight excluding hydrogens is 284 g/mol. The van der Waals surface area contributed by atoms with E-state index in [9.17, 15) is 4.79 Å². The maximum absolute atomic E-state index is 12.3. The molecule has 0 saturated carbocycles. The van der Waals surface area contributed by atoms with Crippen LogP contribution in [0.2, 0.25) is 0 Å². The number of nitrogens with zero attached hydrogens (tertiary/aromatic N) is 3. The van der Waals surface area contributed by atoms with E-state index < -0.39 is 0 Å². The van der Waals surface area contributed by atoms with Crippen LogP contribution in [0.3, 0.4) is 0 Å². The van der Waals surface area contributed by atoms with Crippen molar-refractivity contribution in [1.29, 1.82) is 0 Å². The zero-order chi connectivity index (χ0) is 15.5. The first-order chi connectivity index (χ1) is 10.6. The Morgan fingerprint density at radius 2 is 2.18 bits per heavy atom. The quantitative estimate of drug-likeness (QED) is 0.923. The summed E-state index contributed by atoms with van der Waals surface area (Å²) in [5, 5.41) is 7.19. The monoisotopic (exact) mass is 308 g/mol. The van der Waals surface area contributed by atoms with Gasteiger partial charge in [-0.3, -0.25) is 4.68 Å². The van der Waals surface area contributed by atoms with Crippen LogP contribution in [0.4, 0.5) is 10.5 Å². The van der Waals surface area contributed by atoms with Crippen LogP contribution < -0.4 is 5.32 Å². The number of morpholine rings is 1. The van der Waals surface area contributed by atoms with Crippen molar-refractivity contribution in [3.63, 3.8) is 0 Å². The van der Waals surface area contributed by atoms with Gasteiger partial charge in [-0.1, -0.05) is 0 Å². The predicted octanol–water partition coefficient (Wildman–Crippen LogP) is 1.70. The van der Waals surface area contributed by atoms with E-state index in [-0.39, 0.29) is 24.3 Å². The van der Waals surface area contributed by atoms with Gasteiger partial charge in [0.1, 0.15) is 0 Å². The Labute approximate surface area is 130 Å². The van der Waals surface area contributed by atoms with Crippen molar-refractivity contribution < 1.29 is 14.3 Å². The summed E-state index contributed by atoms with van der Waals surface area (Å²) in [6, 6.07) is -0.0985. The SMILES string of the molecule is CC1CN(C(=O)Nc2cnn(CC3CCCO3)c2)CC(C)O1. The number of hydrogen-bond acceptors (Lipinski definition) is 4. The molecule has 3 atom stereocenters. The summed E-state index contributed by atoms with van der Waals surface area (Å²) in [6.45, 7) is 6.76. The standard InChI is InChI=1S/C15H24N4O3/c1-11-7-18(8-12(2)22-11)15(20)17-13-6-16-19(9-13)10-14-4-3-5-21-14/h6,9,11-12,14H,3-5,7-8,10H2,1-2H3,(H,17,20). The third-order valence-electron chi connectivity index (χ3n) is 4.01. The number of amides is 2. The average Bonchev–Trinajstić information content (AvgIpc) is 3.10. The lowest BCUT2D eigenvalue weighted by atomic mass is 10.2. The Morgan fingerprint density at radius 1 is 1.41 bits per heavy atom. The molecule has 0 spiro atoms. The molecule has 2 aliphatic rings. The van der Waals surface area contributed by atoms with Crippen molar-refractivity contribution >= 4 is 11.7 Å². The molecule has 2 amide bonds. The second-order valence-electron chi connectivity index (χ2n) is 6.18. The van der Waals surface area contributed by atoms with Crippen LogP contribution >= 0.6 is 0 Å². The Bertz CT molecular complexity index is 503. The third-order valence-corrected chi connectivity index (χ3v) is 4.01. The average molecular weight is 308 g/mol. The van der Waals surface area contributed by atoms with Crippen molar-refractivity contribution in [2.75, 3.05) is 25.0 Å². The highest BCUT2D eigenvalue weighted by atomic mass is 16.5. The fraction of sp³-hybridized carbons (Fsp3) is 0.733. The minimum absolute atomic E-state index is 0.0664. The Balaban J connectivity index is 1.54. The Morgan fingerprint density at radius 3 is 2.86 bits per heavy atom. The van der Waals surface area contributed by atoms with Gasteiger partial charge in [0.2, 0.25) is 0 Å². The molecule has 1 aromatic heterocycles. The van der Waals surface area contributed by atoms with Gasteiger partial charge >= 0.3 is 6.03 Å². The van der Waals surface area contributed by atoms with Crippen LogP contribution in [0, 0.1) is 0 Å². The van der Waals surface area contributed by atoms with Crippen LogP contribution in [0.25, 0.3) is 0 Å². The molecule has 1 N–H and O–H groups in total. The number of carbonyl (C=O) groups excluding carboxylic acids is 1. The molecule has 0 bridgehead atoms. The van der Waals surface area contributed by atoms with Crippen molar-refractivity contribution in [1.82, 2.24) is 14.7 Å². The number of nitrogens with one attached hydrogen (secondary N) is 1. The van der Waals surface area contributed by atoms with Gasteiger partial charge < -0.3 is 19.7 Å². The molecule has 22 heavy (non-hydrogen) atoms. The van der Waals surface area contributed by atoms with Crippen molar-refractivity contribution in [2.24, 2.45) is 0 Å². The van der Waals surface area contributed by atoms with Crippen LogP contribution in [-0.4, -0.2) is 58.7 Å². The molecular formula is C15H24N4O3. The number of hydrogen-bond donors (Lipinski definition) is 1. The van der Waals surface area contributed by atoms with E-state index in [0.29, 0.717) is 13.1 Å². The van der Waals surface area contributed by atoms with Gasteiger partial charge in [-0.25, -0.2) is 4.79 Å². The van der Waals surface area contributed by atoms with Crippen LogP contribution in [-0.2, 0) is 16.0 Å². The van der Waals surface area contributed by atoms with Crippen LogP contribution in [0.5, 0.6) is 0 Å². The topological polar surface area (TPSA) is 68.6 Å². The summed E-state index contributed by atoms with van der Waals surface area (Å²) >= 11 is 0. The fourth-order valence-corrected chi connectivity index (χ4v) is 3.07. The number of carbonyl (C=O) groups is 1. The molecule has 0 radical (unpaired) electrons. The lowest BCUT2D eigenvalue weighted by molar-refractivity contribution is -0.0530. The lowest BCUT2D eigenvalue weighted by Gasteiger charge is -2.35. The van der Waals surface area contributed by atoms with E-state index in [2.05, 4.69) is 10.4 Å². The summed E-state index contributed by atoms with van der Waals surface area (Å²) in [5.74, 6) is 0. The summed E-state index contributed by atoms with van der Waals surface area (Å²) in [4.78, 5) is 14.1. The van der Waals surface area contributed by atoms with Crippen molar-refractivity contribution in [2.45, 2.75) is 51.5 Å². The largest absolute Gasteiger partial charge is 0.376 e. The van der Waals surface area contributed by atoms with Gasteiger partial charge in [-0.15, -0.1) is 0 Å². The normalized spacial score (nSPS) is 28.8. The number of urea groups is 1. The van der Waals surface area contributed by atoms with Gasteiger partial charge in [0.25, 0.3) is 0 Å². The molecule has 1 aromatic rings. The van der Waals surface area contributed by atoms with Gasteiger partial charge in [0.15, 0.2) is 0 Å². The summed E-state index contributed by atoms with van der Waals surface area (Å²) in [6.07, 6.45) is 6.10. The van der Waals surface area contributed by atoms with Gasteiger partial charge in [0.05, 0.1) is 36.7 Å². The smallest absolute Gasteiger partial charge is 0.322 e. The van der Waals surface area contributed by atoms with E-state index in [1.54, 1.807) is 11.1 Å². The molecule has 2 fully saturated rings. The summed E-state index contributed by atoms with van der Waals surface area (Å²) in [5.41, 5.74) is 0.717. The molecule has 3 heterocycles. The summed E-state index contributed by atoms with van der Waals surface area (Å²) in [7, 11) is 0. The predicted molar refractivity (Wildman–Crippen MR) is 81.8 cm³/mol.